The summed E-state index contributed by atoms with van der Waals surface area (Å²) in [5.74, 6) is 1.50. The van der Waals surface area contributed by atoms with Gasteiger partial charge in [0.15, 0.2) is 5.96 Å². The van der Waals surface area contributed by atoms with Gasteiger partial charge in [-0.25, -0.2) is 4.79 Å². The SMILES string of the molecule is CN=C(NCc1ccc(NC(=O)OC)cc1)NC(C)CCC(C)C.I. The van der Waals surface area contributed by atoms with Gasteiger partial charge in [-0.05, 0) is 43.4 Å². The van der Waals surface area contributed by atoms with E-state index in [0.29, 0.717) is 24.2 Å². The molecule has 0 bridgehead atoms. The minimum absolute atomic E-state index is 0. The summed E-state index contributed by atoms with van der Waals surface area (Å²) < 4.78 is 4.56. The molecule has 0 aliphatic rings. The molecule has 1 aromatic carbocycles. The molecule has 25 heavy (non-hydrogen) atoms. The maximum absolute atomic E-state index is 11.1. The minimum Gasteiger partial charge on any atom is -0.453 e. The van der Waals surface area contributed by atoms with Crippen LogP contribution in [0, 0.1) is 5.92 Å². The van der Waals surface area contributed by atoms with E-state index in [4.69, 9.17) is 0 Å². The summed E-state index contributed by atoms with van der Waals surface area (Å²) in [5, 5.41) is 9.33. The number of rotatable bonds is 7. The van der Waals surface area contributed by atoms with Gasteiger partial charge in [0.25, 0.3) is 0 Å². The first-order chi connectivity index (χ1) is 11.4. The second-order valence-electron chi connectivity index (χ2n) is 6.26. The van der Waals surface area contributed by atoms with Crippen LogP contribution in [-0.2, 0) is 11.3 Å². The van der Waals surface area contributed by atoms with Crippen molar-refractivity contribution in [2.45, 2.75) is 46.2 Å². The van der Waals surface area contributed by atoms with E-state index in [-0.39, 0.29) is 24.0 Å². The molecule has 1 amide bonds. The van der Waals surface area contributed by atoms with E-state index < -0.39 is 6.09 Å². The number of guanidine groups is 1. The molecule has 0 aliphatic heterocycles. The molecule has 3 N–H and O–H groups in total. The molecule has 0 aliphatic carbocycles. The molecular weight excluding hydrogens is 431 g/mol. The Hall–Kier alpha value is -1.51. The number of nitrogens with one attached hydrogen (secondary N) is 3. The number of anilines is 1. The van der Waals surface area contributed by atoms with Crippen molar-refractivity contribution in [1.82, 2.24) is 10.6 Å². The maximum atomic E-state index is 11.1. The highest BCUT2D eigenvalue weighted by molar-refractivity contribution is 14.0. The fourth-order valence-electron chi connectivity index (χ4n) is 2.14. The lowest BCUT2D eigenvalue weighted by atomic mass is 10.0. The number of halogens is 1. The fourth-order valence-corrected chi connectivity index (χ4v) is 2.14. The van der Waals surface area contributed by atoms with Gasteiger partial charge >= 0.3 is 6.09 Å². The molecule has 1 atom stereocenters. The van der Waals surface area contributed by atoms with E-state index in [1.165, 1.54) is 13.5 Å². The Labute approximate surface area is 168 Å². The van der Waals surface area contributed by atoms with E-state index in [2.05, 4.69) is 46.5 Å². The Kier molecular flexibility index (Phi) is 12.0. The average molecular weight is 462 g/mol. The molecule has 0 spiro atoms. The monoisotopic (exact) mass is 462 g/mol. The smallest absolute Gasteiger partial charge is 0.411 e. The van der Waals surface area contributed by atoms with Crippen LogP contribution in [0.1, 0.15) is 39.2 Å². The second-order valence-corrected chi connectivity index (χ2v) is 6.26. The Morgan fingerprint density at radius 1 is 1.16 bits per heavy atom. The number of hydrogen-bond acceptors (Lipinski definition) is 3. The van der Waals surface area contributed by atoms with Crippen molar-refractivity contribution in [3.63, 3.8) is 0 Å². The van der Waals surface area contributed by atoms with Crippen LogP contribution in [-0.4, -0.2) is 32.3 Å². The molecule has 7 heteroatoms. The molecule has 0 saturated carbocycles. The number of amides is 1. The van der Waals surface area contributed by atoms with E-state index in [1.807, 2.05) is 24.3 Å². The number of ether oxygens (including phenoxy) is 1. The van der Waals surface area contributed by atoms with Crippen LogP contribution in [0.3, 0.4) is 0 Å². The lowest BCUT2D eigenvalue weighted by Crippen LogP contribution is -2.41. The zero-order valence-corrected chi connectivity index (χ0v) is 18.1. The lowest BCUT2D eigenvalue weighted by molar-refractivity contribution is 0.187. The quantitative estimate of drug-likeness (QED) is 0.326. The van der Waals surface area contributed by atoms with E-state index in [1.54, 1.807) is 7.05 Å². The van der Waals surface area contributed by atoms with Crippen LogP contribution in [0.15, 0.2) is 29.3 Å². The first kappa shape index (κ1) is 23.5. The Morgan fingerprint density at radius 2 is 1.80 bits per heavy atom. The number of carbonyl (C=O) groups is 1. The Bertz CT molecular complexity index is 532. The van der Waals surface area contributed by atoms with Crippen molar-refractivity contribution in [1.29, 1.82) is 0 Å². The number of hydrogen-bond donors (Lipinski definition) is 3. The van der Waals surface area contributed by atoms with Crippen LogP contribution < -0.4 is 16.0 Å². The zero-order chi connectivity index (χ0) is 17.9. The molecule has 0 saturated heterocycles. The molecule has 0 radical (unpaired) electrons. The molecule has 0 heterocycles. The summed E-state index contributed by atoms with van der Waals surface area (Å²) in [6.07, 6.45) is 1.84. The van der Waals surface area contributed by atoms with Crippen LogP contribution >= 0.6 is 24.0 Å². The maximum Gasteiger partial charge on any atom is 0.411 e. The van der Waals surface area contributed by atoms with E-state index in [9.17, 15) is 4.79 Å². The molecule has 0 fully saturated rings. The molecule has 1 rings (SSSR count). The molecule has 0 aromatic heterocycles. The van der Waals surface area contributed by atoms with Gasteiger partial charge in [-0.3, -0.25) is 10.3 Å². The summed E-state index contributed by atoms with van der Waals surface area (Å²) in [5.41, 5.74) is 1.80. The number of benzene rings is 1. The van der Waals surface area contributed by atoms with Crippen molar-refractivity contribution in [2.24, 2.45) is 10.9 Å². The van der Waals surface area contributed by atoms with Gasteiger partial charge in [0.2, 0.25) is 0 Å². The largest absolute Gasteiger partial charge is 0.453 e. The van der Waals surface area contributed by atoms with Gasteiger partial charge in [0, 0.05) is 25.3 Å². The minimum atomic E-state index is -0.471. The Balaban J connectivity index is 0.00000576. The highest BCUT2D eigenvalue weighted by atomic mass is 127. The number of carbonyl (C=O) groups excluding carboxylic acids is 1. The van der Waals surface area contributed by atoms with Crippen molar-refractivity contribution in [3.05, 3.63) is 29.8 Å². The summed E-state index contributed by atoms with van der Waals surface area (Å²) in [7, 11) is 3.11. The highest BCUT2D eigenvalue weighted by Crippen LogP contribution is 2.10. The number of nitrogens with zero attached hydrogens (tertiary/aromatic N) is 1. The van der Waals surface area contributed by atoms with Gasteiger partial charge in [0.1, 0.15) is 0 Å². The van der Waals surface area contributed by atoms with Crippen LogP contribution in [0.4, 0.5) is 10.5 Å². The standard InChI is InChI=1S/C18H30N4O2.HI/c1-13(2)6-7-14(3)21-17(19-4)20-12-15-8-10-16(11-9-15)22-18(23)24-5;/h8-11,13-14H,6-7,12H2,1-5H3,(H,22,23)(H2,19,20,21);1H. The van der Waals surface area contributed by atoms with Gasteiger partial charge in [-0.2, -0.15) is 0 Å². The number of aliphatic imine (C=N–C) groups is 1. The molecule has 142 valence electrons. The highest BCUT2D eigenvalue weighted by Gasteiger charge is 2.06. The van der Waals surface area contributed by atoms with Gasteiger partial charge in [0.05, 0.1) is 7.11 Å². The topological polar surface area (TPSA) is 74.8 Å². The fraction of sp³-hybridized carbons (Fsp3) is 0.556. The molecule has 1 aromatic rings. The van der Waals surface area contributed by atoms with E-state index in [0.717, 1.165) is 17.9 Å². The van der Waals surface area contributed by atoms with Crippen molar-refractivity contribution < 1.29 is 9.53 Å². The third-order valence-corrected chi connectivity index (χ3v) is 3.63. The van der Waals surface area contributed by atoms with Gasteiger partial charge in [-0.15, -0.1) is 24.0 Å². The zero-order valence-electron chi connectivity index (χ0n) is 15.8. The Morgan fingerprint density at radius 3 is 2.32 bits per heavy atom. The van der Waals surface area contributed by atoms with Crippen molar-refractivity contribution in [2.75, 3.05) is 19.5 Å². The molecular formula is C18H31IN4O2. The summed E-state index contributed by atoms with van der Waals surface area (Å²) in [6.45, 7) is 7.30. The van der Waals surface area contributed by atoms with Crippen LogP contribution in [0.5, 0.6) is 0 Å². The van der Waals surface area contributed by atoms with Crippen molar-refractivity contribution in [3.8, 4) is 0 Å². The first-order valence-corrected chi connectivity index (χ1v) is 8.35. The molecule has 1 unspecified atom stereocenters. The normalized spacial score (nSPS) is 12.2. The summed E-state index contributed by atoms with van der Waals surface area (Å²) in [6, 6.07) is 7.97. The summed E-state index contributed by atoms with van der Waals surface area (Å²) >= 11 is 0. The second kappa shape index (κ2) is 12.8. The third kappa shape index (κ3) is 10.2. The molecule has 6 nitrogen and oxygen atoms in total. The van der Waals surface area contributed by atoms with Gasteiger partial charge < -0.3 is 15.4 Å². The predicted octanol–water partition coefficient (Wildman–Crippen LogP) is 3.97. The van der Waals surface area contributed by atoms with Gasteiger partial charge in [-0.1, -0.05) is 26.0 Å². The van der Waals surface area contributed by atoms with Crippen LogP contribution in [0.2, 0.25) is 0 Å². The van der Waals surface area contributed by atoms with E-state index >= 15 is 0 Å². The third-order valence-electron chi connectivity index (χ3n) is 3.63. The number of methoxy groups -OCH3 is 1. The lowest BCUT2D eigenvalue weighted by Gasteiger charge is -2.18. The van der Waals surface area contributed by atoms with Crippen LogP contribution in [0.25, 0.3) is 0 Å². The average Bonchev–Trinajstić information content (AvgIpc) is 2.57. The predicted molar refractivity (Wildman–Crippen MR) is 115 cm³/mol. The first-order valence-electron chi connectivity index (χ1n) is 8.35. The summed E-state index contributed by atoms with van der Waals surface area (Å²) in [4.78, 5) is 15.4. The van der Waals surface area contributed by atoms with Crippen molar-refractivity contribution >= 4 is 41.7 Å².